The van der Waals surface area contributed by atoms with Crippen LogP contribution in [-0.2, 0) is 32.7 Å². The number of carbonyl (C=O) groups is 2. The van der Waals surface area contributed by atoms with E-state index in [-0.39, 0.29) is 11.9 Å². The molecule has 1 saturated heterocycles. The first-order valence-electron chi connectivity index (χ1n) is 10.6. The topological polar surface area (TPSA) is 77.4 Å². The highest BCUT2D eigenvalue weighted by Crippen LogP contribution is 2.45. The molecule has 6 rings (SSSR count). The lowest BCUT2D eigenvalue weighted by atomic mass is 9.84. The summed E-state index contributed by atoms with van der Waals surface area (Å²) in [5, 5.41) is 0. The van der Waals surface area contributed by atoms with Gasteiger partial charge in [-0.25, -0.2) is 4.79 Å². The molecular formula is C24H22N2O5. The van der Waals surface area contributed by atoms with Crippen LogP contribution in [-0.4, -0.2) is 48.6 Å². The summed E-state index contributed by atoms with van der Waals surface area (Å²) in [4.78, 5) is 31.5. The zero-order valence-electron chi connectivity index (χ0n) is 17.2. The maximum absolute atomic E-state index is 12.9. The van der Waals surface area contributed by atoms with Crippen molar-refractivity contribution in [2.24, 2.45) is 4.99 Å². The molecule has 7 heteroatoms. The van der Waals surface area contributed by atoms with E-state index in [4.69, 9.17) is 14.2 Å². The van der Waals surface area contributed by atoms with Gasteiger partial charge in [-0.15, -0.1) is 0 Å². The number of esters is 1. The fourth-order valence-corrected chi connectivity index (χ4v) is 5.31. The number of piperidine rings is 1. The first-order chi connectivity index (χ1) is 15.0. The molecular weight excluding hydrogens is 396 g/mol. The summed E-state index contributed by atoms with van der Waals surface area (Å²) in [6.07, 6.45) is 2.28. The van der Waals surface area contributed by atoms with Crippen LogP contribution in [0.1, 0.15) is 39.9 Å². The number of ether oxygens (including phenoxy) is 3. The Kier molecular flexibility index (Phi) is 3.76. The van der Waals surface area contributed by atoms with Crippen LogP contribution in [0.15, 0.2) is 47.5 Å². The van der Waals surface area contributed by atoms with Gasteiger partial charge in [0.05, 0.1) is 12.7 Å². The van der Waals surface area contributed by atoms with E-state index in [1.807, 2.05) is 47.4 Å². The van der Waals surface area contributed by atoms with E-state index in [1.54, 1.807) is 7.11 Å². The Hall–Kier alpha value is -3.35. The monoisotopic (exact) mass is 418 g/mol. The molecule has 7 nitrogen and oxygen atoms in total. The summed E-state index contributed by atoms with van der Waals surface area (Å²) >= 11 is 0. The lowest BCUT2D eigenvalue weighted by molar-refractivity contribution is -0.130. The summed E-state index contributed by atoms with van der Waals surface area (Å²) in [5.74, 6) is 0.289. The largest absolute Gasteiger partial charge is 0.497 e. The normalized spacial score (nSPS) is 25.3. The van der Waals surface area contributed by atoms with Crippen molar-refractivity contribution in [2.75, 3.05) is 20.2 Å². The highest BCUT2D eigenvalue weighted by atomic mass is 16.6. The molecule has 2 spiro atoms. The Morgan fingerprint density at radius 2 is 1.74 bits per heavy atom. The average molecular weight is 418 g/mol. The second kappa shape index (κ2) is 6.33. The van der Waals surface area contributed by atoms with Gasteiger partial charge in [-0.05, 0) is 29.3 Å². The molecule has 0 aromatic heterocycles. The highest BCUT2D eigenvalue weighted by molar-refractivity contribution is 6.02. The Bertz CT molecular complexity index is 1150. The summed E-state index contributed by atoms with van der Waals surface area (Å²) < 4.78 is 17.4. The smallest absolute Gasteiger partial charge is 0.339 e. The van der Waals surface area contributed by atoms with Gasteiger partial charge in [0.15, 0.2) is 0 Å². The number of likely N-dealkylation sites (tertiary alicyclic amines) is 1. The quantitative estimate of drug-likeness (QED) is 0.663. The lowest BCUT2D eigenvalue weighted by Crippen LogP contribution is -2.47. The zero-order valence-corrected chi connectivity index (χ0v) is 17.2. The van der Waals surface area contributed by atoms with Gasteiger partial charge < -0.3 is 19.1 Å². The zero-order chi connectivity index (χ0) is 21.2. The number of rotatable bonds is 1. The fourth-order valence-electron chi connectivity index (χ4n) is 5.31. The van der Waals surface area contributed by atoms with Crippen molar-refractivity contribution < 1.29 is 23.8 Å². The Morgan fingerprint density at radius 1 is 0.968 bits per heavy atom. The van der Waals surface area contributed by atoms with Gasteiger partial charge in [-0.3, -0.25) is 4.79 Å². The molecule has 1 aliphatic carbocycles. The van der Waals surface area contributed by atoms with Crippen LogP contribution in [0.25, 0.3) is 0 Å². The number of aliphatic imine (C=N–C) groups is 1. The number of amidine groups is 1. The number of nitrogens with zero attached hydrogens (tertiary/aromatic N) is 2. The van der Waals surface area contributed by atoms with E-state index < -0.39 is 11.2 Å². The minimum absolute atomic E-state index is 0.226. The Morgan fingerprint density at radius 3 is 2.55 bits per heavy atom. The van der Waals surface area contributed by atoms with Crippen molar-refractivity contribution in [1.82, 2.24) is 4.90 Å². The first kappa shape index (κ1) is 18.4. The second-order valence-electron chi connectivity index (χ2n) is 8.70. The number of carbonyl (C=O) groups excluding carboxylic acids is 2. The molecule has 4 aliphatic rings. The molecule has 1 fully saturated rings. The fraction of sp³-hybridized carbons (Fsp3) is 0.375. The third-order valence-corrected chi connectivity index (χ3v) is 7.01. The van der Waals surface area contributed by atoms with E-state index in [1.165, 1.54) is 0 Å². The van der Waals surface area contributed by atoms with Crippen LogP contribution < -0.4 is 4.74 Å². The summed E-state index contributed by atoms with van der Waals surface area (Å²) in [5.41, 5.74) is 2.23. The highest BCUT2D eigenvalue weighted by Gasteiger charge is 2.53. The maximum atomic E-state index is 12.9. The lowest BCUT2D eigenvalue weighted by Gasteiger charge is -2.39. The Labute approximate surface area is 179 Å². The molecule has 0 bridgehead atoms. The van der Waals surface area contributed by atoms with E-state index in [2.05, 4.69) is 4.99 Å². The summed E-state index contributed by atoms with van der Waals surface area (Å²) in [6.45, 7) is 1.20. The maximum Gasteiger partial charge on any atom is 0.339 e. The van der Waals surface area contributed by atoms with Gasteiger partial charge in [0.25, 0.3) is 11.9 Å². The first-order valence-corrected chi connectivity index (χ1v) is 10.6. The van der Waals surface area contributed by atoms with E-state index in [0.29, 0.717) is 50.4 Å². The number of fused-ring (bicyclic) bond motifs is 3. The molecule has 3 heterocycles. The van der Waals surface area contributed by atoms with Crippen molar-refractivity contribution in [3.63, 3.8) is 0 Å². The predicted molar refractivity (Wildman–Crippen MR) is 111 cm³/mol. The van der Waals surface area contributed by atoms with Crippen molar-refractivity contribution >= 4 is 17.9 Å². The molecule has 158 valence electrons. The molecule has 3 aliphatic heterocycles. The molecule has 2 aromatic carbocycles. The minimum atomic E-state index is -0.953. The standard InChI is InChI=1S/C24H22N2O5/c1-29-17-7-6-15-13-24(14-16(15)12-17)21(28)25-22(31-24)26-10-8-23(9-11-26)19-5-3-2-4-18(19)20(27)30-23/h2-7,12H,8-11,13-14H2,1H3. The van der Waals surface area contributed by atoms with E-state index in [9.17, 15) is 9.59 Å². The van der Waals surface area contributed by atoms with Gasteiger partial charge >= 0.3 is 5.97 Å². The summed E-state index contributed by atoms with van der Waals surface area (Å²) in [7, 11) is 1.63. The molecule has 0 radical (unpaired) electrons. The summed E-state index contributed by atoms with van der Waals surface area (Å²) in [6, 6.07) is 13.8. The van der Waals surface area contributed by atoms with Gasteiger partial charge in [0.2, 0.25) is 5.60 Å². The van der Waals surface area contributed by atoms with Gasteiger partial charge in [-0.2, -0.15) is 4.99 Å². The molecule has 31 heavy (non-hydrogen) atoms. The molecule has 1 atom stereocenters. The number of hydrogen-bond donors (Lipinski definition) is 0. The van der Waals surface area contributed by atoms with Crippen LogP contribution in [0.2, 0.25) is 0 Å². The van der Waals surface area contributed by atoms with E-state index in [0.717, 1.165) is 22.4 Å². The van der Waals surface area contributed by atoms with E-state index >= 15 is 0 Å². The third kappa shape index (κ3) is 2.62. The minimum Gasteiger partial charge on any atom is -0.497 e. The number of hydrogen-bond acceptors (Lipinski definition) is 6. The Balaban J connectivity index is 1.19. The van der Waals surface area contributed by atoms with Crippen molar-refractivity contribution in [2.45, 2.75) is 36.9 Å². The van der Waals surface area contributed by atoms with Crippen LogP contribution >= 0.6 is 0 Å². The van der Waals surface area contributed by atoms with Crippen molar-refractivity contribution in [3.05, 3.63) is 64.7 Å². The number of methoxy groups -OCH3 is 1. The molecule has 0 N–H and O–H groups in total. The number of benzene rings is 2. The van der Waals surface area contributed by atoms with Crippen LogP contribution in [0, 0.1) is 0 Å². The van der Waals surface area contributed by atoms with Crippen LogP contribution in [0.5, 0.6) is 5.75 Å². The van der Waals surface area contributed by atoms with Crippen molar-refractivity contribution in [1.29, 1.82) is 0 Å². The van der Waals surface area contributed by atoms with Crippen molar-refractivity contribution in [3.8, 4) is 5.75 Å². The molecule has 1 amide bonds. The molecule has 0 saturated carbocycles. The van der Waals surface area contributed by atoms with Gasteiger partial charge in [0.1, 0.15) is 11.4 Å². The van der Waals surface area contributed by atoms with Gasteiger partial charge in [-0.1, -0.05) is 24.3 Å². The number of amides is 1. The van der Waals surface area contributed by atoms with Crippen LogP contribution in [0.4, 0.5) is 0 Å². The second-order valence-corrected chi connectivity index (χ2v) is 8.70. The predicted octanol–water partition coefficient (Wildman–Crippen LogP) is 2.61. The SMILES string of the molecule is COc1ccc2c(c1)CC1(C2)OC(N2CCC3(CC2)OC(=O)c2ccccc23)=NC1=O. The molecule has 1 unspecified atom stereocenters. The third-order valence-electron chi connectivity index (χ3n) is 7.01. The molecule has 2 aromatic rings. The van der Waals surface area contributed by atoms with Crippen LogP contribution in [0.3, 0.4) is 0 Å². The van der Waals surface area contributed by atoms with Gasteiger partial charge in [0, 0.05) is 44.3 Å². The average Bonchev–Trinajstić information content (AvgIpc) is 3.40.